The van der Waals surface area contributed by atoms with Gasteiger partial charge in [0.05, 0.1) is 16.1 Å². The number of hydrogen-bond acceptors (Lipinski definition) is 1. The van der Waals surface area contributed by atoms with E-state index in [4.69, 9.17) is 23.2 Å². The van der Waals surface area contributed by atoms with Gasteiger partial charge in [-0.3, -0.25) is 0 Å². The first-order valence-corrected chi connectivity index (χ1v) is 7.60. The Morgan fingerprint density at radius 1 is 1.00 bits per heavy atom. The molecule has 2 aromatic carbocycles. The van der Waals surface area contributed by atoms with Gasteiger partial charge in [0.2, 0.25) is 0 Å². The van der Waals surface area contributed by atoms with Gasteiger partial charge in [-0.15, -0.1) is 0 Å². The van der Waals surface area contributed by atoms with Crippen LogP contribution in [-0.2, 0) is 12.8 Å². The average molecular weight is 307 g/mol. The van der Waals surface area contributed by atoms with Crippen LogP contribution in [-0.4, -0.2) is 5.11 Å². The summed E-state index contributed by atoms with van der Waals surface area (Å²) in [5.41, 5.74) is 3.61. The highest BCUT2D eigenvalue weighted by Crippen LogP contribution is 2.35. The minimum atomic E-state index is -0.488. The van der Waals surface area contributed by atoms with Gasteiger partial charge in [0.25, 0.3) is 0 Å². The van der Waals surface area contributed by atoms with Crippen LogP contribution in [0.1, 0.15) is 29.2 Å². The zero-order valence-electron chi connectivity index (χ0n) is 11.0. The lowest BCUT2D eigenvalue weighted by Crippen LogP contribution is -2.21. The van der Waals surface area contributed by atoms with Gasteiger partial charge in [0.15, 0.2) is 0 Å². The predicted molar refractivity (Wildman–Crippen MR) is 83.4 cm³/mol. The monoisotopic (exact) mass is 306 g/mol. The first kappa shape index (κ1) is 13.9. The summed E-state index contributed by atoms with van der Waals surface area (Å²) < 4.78 is 0. The molecular weight excluding hydrogens is 291 g/mol. The fourth-order valence-electron chi connectivity index (χ4n) is 2.96. The molecule has 1 aliphatic rings. The number of halogens is 2. The maximum Gasteiger partial charge on any atom is 0.0822 e. The average Bonchev–Trinajstić information content (AvgIpc) is 2.49. The van der Waals surface area contributed by atoms with Gasteiger partial charge in [0, 0.05) is 0 Å². The van der Waals surface area contributed by atoms with E-state index in [0.29, 0.717) is 10.0 Å². The van der Waals surface area contributed by atoms with E-state index in [0.717, 1.165) is 24.8 Å². The van der Waals surface area contributed by atoms with Gasteiger partial charge in [-0.25, -0.2) is 0 Å². The molecule has 2 unspecified atom stereocenters. The molecule has 104 valence electrons. The van der Waals surface area contributed by atoms with Crippen molar-refractivity contribution in [3.8, 4) is 0 Å². The summed E-state index contributed by atoms with van der Waals surface area (Å²) in [7, 11) is 0. The molecule has 0 bridgehead atoms. The molecule has 3 rings (SSSR count). The van der Waals surface area contributed by atoms with Crippen molar-refractivity contribution in [1.82, 2.24) is 0 Å². The van der Waals surface area contributed by atoms with Crippen molar-refractivity contribution in [1.29, 1.82) is 0 Å². The minimum absolute atomic E-state index is 0.238. The Morgan fingerprint density at radius 3 is 2.50 bits per heavy atom. The van der Waals surface area contributed by atoms with E-state index in [9.17, 15) is 5.11 Å². The van der Waals surface area contributed by atoms with Gasteiger partial charge in [0.1, 0.15) is 0 Å². The fraction of sp³-hybridized carbons (Fsp3) is 0.294. The quantitative estimate of drug-likeness (QED) is 0.842. The summed E-state index contributed by atoms with van der Waals surface area (Å²) in [6, 6.07) is 13.9. The maximum atomic E-state index is 10.6. The van der Waals surface area contributed by atoms with Gasteiger partial charge in [-0.05, 0) is 54.0 Å². The standard InChI is InChI=1S/C17H16Cl2O/c18-15-8-7-14(10-16(15)19)17(20)13-6-5-11-3-1-2-4-12(11)9-13/h1-4,7-8,10,13,17,20H,5-6,9H2. The molecule has 2 aromatic rings. The zero-order valence-corrected chi connectivity index (χ0v) is 12.5. The first-order chi connectivity index (χ1) is 9.65. The summed E-state index contributed by atoms with van der Waals surface area (Å²) in [6.45, 7) is 0. The SMILES string of the molecule is OC(c1ccc(Cl)c(Cl)c1)C1CCc2ccccc2C1. The van der Waals surface area contributed by atoms with Gasteiger partial charge in [-0.2, -0.15) is 0 Å². The van der Waals surface area contributed by atoms with Crippen molar-refractivity contribution in [3.63, 3.8) is 0 Å². The molecule has 0 radical (unpaired) electrons. The van der Waals surface area contributed by atoms with Crippen LogP contribution in [0.4, 0.5) is 0 Å². The third kappa shape index (κ3) is 2.71. The fourth-order valence-corrected chi connectivity index (χ4v) is 3.27. The Morgan fingerprint density at radius 2 is 1.75 bits per heavy atom. The van der Waals surface area contributed by atoms with E-state index in [1.807, 2.05) is 6.07 Å². The number of hydrogen-bond donors (Lipinski definition) is 1. The molecule has 0 saturated heterocycles. The highest BCUT2D eigenvalue weighted by molar-refractivity contribution is 6.42. The zero-order chi connectivity index (χ0) is 14.1. The Bertz CT molecular complexity index is 624. The molecule has 0 aromatic heterocycles. The van der Waals surface area contributed by atoms with Gasteiger partial charge < -0.3 is 5.11 Å². The Hall–Kier alpha value is -1.02. The van der Waals surface area contributed by atoms with Crippen LogP contribution in [0, 0.1) is 5.92 Å². The summed E-state index contributed by atoms with van der Waals surface area (Å²) in [6.07, 6.45) is 2.45. The van der Waals surface area contributed by atoms with Crippen molar-refractivity contribution in [3.05, 3.63) is 69.2 Å². The molecule has 1 N–H and O–H groups in total. The van der Waals surface area contributed by atoms with Crippen molar-refractivity contribution < 1.29 is 5.11 Å². The summed E-state index contributed by atoms with van der Waals surface area (Å²) >= 11 is 12.0. The van der Waals surface area contributed by atoms with Crippen molar-refractivity contribution in [2.45, 2.75) is 25.4 Å². The number of benzene rings is 2. The van der Waals surface area contributed by atoms with E-state index in [-0.39, 0.29) is 5.92 Å². The van der Waals surface area contributed by atoms with Crippen LogP contribution in [0.15, 0.2) is 42.5 Å². The van der Waals surface area contributed by atoms with E-state index in [2.05, 4.69) is 24.3 Å². The molecule has 0 aliphatic heterocycles. The van der Waals surface area contributed by atoms with Crippen molar-refractivity contribution in [2.24, 2.45) is 5.92 Å². The van der Waals surface area contributed by atoms with E-state index in [1.54, 1.807) is 12.1 Å². The molecule has 1 nitrogen and oxygen atoms in total. The molecule has 0 spiro atoms. The van der Waals surface area contributed by atoms with Crippen LogP contribution in [0.2, 0.25) is 10.0 Å². The Kier molecular flexibility index (Phi) is 4.02. The van der Waals surface area contributed by atoms with E-state index in [1.165, 1.54) is 11.1 Å². The molecule has 2 atom stereocenters. The number of fused-ring (bicyclic) bond motifs is 1. The van der Waals surface area contributed by atoms with Crippen molar-refractivity contribution in [2.75, 3.05) is 0 Å². The highest BCUT2D eigenvalue weighted by atomic mass is 35.5. The van der Waals surface area contributed by atoms with Gasteiger partial charge in [-0.1, -0.05) is 53.5 Å². The van der Waals surface area contributed by atoms with Crippen LogP contribution in [0.5, 0.6) is 0 Å². The second kappa shape index (κ2) is 5.77. The molecule has 1 aliphatic carbocycles. The predicted octanol–water partition coefficient (Wildman–Crippen LogP) is 4.83. The van der Waals surface area contributed by atoms with Crippen LogP contribution in [0.25, 0.3) is 0 Å². The number of aliphatic hydroxyl groups is 1. The third-order valence-electron chi connectivity index (χ3n) is 4.12. The molecule has 0 amide bonds. The smallest absolute Gasteiger partial charge is 0.0822 e. The largest absolute Gasteiger partial charge is 0.388 e. The molecule has 20 heavy (non-hydrogen) atoms. The minimum Gasteiger partial charge on any atom is -0.388 e. The third-order valence-corrected chi connectivity index (χ3v) is 4.86. The molecule has 3 heteroatoms. The lowest BCUT2D eigenvalue weighted by Gasteiger charge is -2.29. The Balaban J connectivity index is 1.82. The number of aryl methyl sites for hydroxylation is 1. The topological polar surface area (TPSA) is 20.2 Å². The summed E-state index contributed by atoms with van der Waals surface area (Å²) in [4.78, 5) is 0. The first-order valence-electron chi connectivity index (χ1n) is 6.85. The maximum absolute atomic E-state index is 10.6. The summed E-state index contributed by atoms with van der Waals surface area (Å²) in [5.74, 6) is 0.238. The normalized spacial score (nSPS) is 19.4. The van der Waals surface area contributed by atoms with E-state index >= 15 is 0 Å². The second-order valence-electron chi connectivity index (χ2n) is 5.39. The van der Waals surface area contributed by atoms with E-state index < -0.39 is 6.10 Å². The molecule has 0 saturated carbocycles. The lowest BCUT2D eigenvalue weighted by molar-refractivity contribution is 0.0995. The van der Waals surface area contributed by atoms with Crippen LogP contribution in [0.3, 0.4) is 0 Å². The molecule has 0 heterocycles. The number of rotatable bonds is 2. The van der Waals surface area contributed by atoms with Crippen LogP contribution >= 0.6 is 23.2 Å². The Labute approximate surface area is 129 Å². The van der Waals surface area contributed by atoms with Crippen molar-refractivity contribution >= 4 is 23.2 Å². The molecular formula is C17H16Cl2O. The highest BCUT2D eigenvalue weighted by Gasteiger charge is 2.26. The number of aliphatic hydroxyl groups excluding tert-OH is 1. The summed E-state index contributed by atoms with van der Waals surface area (Å²) in [5, 5.41) is 11.6. The molecule has 0 fully saturated rings. The van der Waals surface area contributed by atoms with Gasteiger partial charge >= 0.3 is 0 Å². The second-order valence-corrected chi connectivity index (χ2v) is 6.20. The lowest BCUT2D eigenvalue weighted by atomic mass is 9.79. The van der Waals surface area contributed by atoms with Crippen LogP contribution < -0.4 is 0 Å².